The molecule has 3 aromatic carbocycles. The third-order valence-corrected chi connectivity index (χ3v) is 4.53. The summed E-state index contributed by atoms with van der Waals surface area (Å²) in [5.41, 5.74) is 1.49. The van der Waals surface area contributed by atoms with Crippen LogP contribution in [-0.4, -0.2) is 38.1 Å². The fourth-order valence-corrected chi connectivity index (χ4v) is 2.85. The maximum atomic E-state index is 12.4. The number of ether oxygens (including phenoxy) is 3. The number of halogens is 1. The summed E-state index contributed by atoms with van der Waals surface area (Å²) in [5, 5.41) is 5.83. The van der Waals surface area contributed by atoms with Crippen LogP contribution < -0.4 is 20.1 Å². The van der Waals surface area contributed by atoms with Crippen molar-refractivity contribution in [1.29, 1.82) is 0 Å². The second-order valence-corrected chi connectivity index (χ2v) is 7.15. The number of methoxy groups -OCH3 is 1. The highest BCUT2D eigenvalue weighted by atomic mass is 35.5. The smallest absolute Gasteiger partial charge is 0.344 e. The predicted molar refractivity (Wildman–Crippen MR) is 124 cm³/mol. The summed E-state index contributed by atoms with van der Waals surface area (Å²) >= 11 is 5.84. The van der Waals surface area contributed by atoms with Gasteiger partial charge in [-0.05, 0) is 66.7 Å². The van der Waals surface area contributed by atoms with Crippen LogP contribution in [0.4, 0.5) is 11.4 Å². The van der Waals surface area contributed by atoms with E-state index in [4.69, 9.17) is 25.8 Å². The molecule has 0 spiro atoms. The number of anilines is 2. The summed E-state index contributed by atoms with van der Waals surface area (Å²) in [7, 11) is 1.56. The third-order valence-electron chi connectivity index (χ3n) is 4.30. The van der Waals surface area contributed by atoms with E-state index >= 15 is 0 Å². The highest BCUT2D eigenvalue weighted by molar-refractivity contribution is 6.30. The van der Waals surface area contributed by atoms with E-state index in [1.807, 2.05) is 0 Å². The number of esters is 1. The molecular formula is C24H21ClN2O6. The Hall–Kier alpha value is -4.04. The molecule has 0 fully saturated rings. The Labute approximate surface area is 195 Å². The number of hydrogen-bond donors (Lipinski definition) is 2. The van der Waals surface area contributed by atoms with Crippen LogP contribution in [-0.2, 0) is 14.3 Å². The molecule has 0 aliphatic carbocycles. The minimum atomic E-state index is -0.698. The Balaban J connectivity index is 1.42. The molecule has 0 aliphatic rings. The first-order valence-corrected chi connectivity index (χ1v) is 10.2. The number of carbonyl (C=O) groups excluding carboxylic acids is 3. The molecule has 3 rings (SSSR count). The van der Waals surface area contributed by atoms with Crippen LogP contribution in [0.1, 0.15) is 10.4 Å². The van der Waals surface area contributed by atoms with Crippen molar-refractivity contribution in [2.75, 3.05) is 31.0 Å². The minimum absolute atomic E-state index is 0.299. The van der Waals surface area contributed by atoms with Crippen molar-refractivity contribution in [3.8, 4) is 11.5 Å². The quantitative estimate of drug-likeness (QED) is 0.457. The maximum absolute atomic E-state index is 12.4. The van der Waals surface area contributed by atoms with Gasteiger partial charge in [-0.15, -0.1) is 0 Å². The Kier molecular flexibility index (Phi) is 8.26. The van der Waals surface area contributed by atoms with E-state index in [9.17, 15) is 14.4 Å². The minimum Gasteiger partial charge on any atom is -0.497 e. The average Bonchev–Trinajstić information content (AvgIpc) is 2.82. The molecule has 2 amide bonds. The van der Waals surface area contributed by atoms with Gasteiger partial charge in [0.15, 0.2) is 13.2 Å². The van der Waals surface area contributed by atoms with Crippen LogP contribution in [0.2, 0.25) is 5.02 Å². The van der Waals surface area contributed by atoms with Crippen LogP contribution in [0.3, 0.4) is 0 Å². The third kappa shape index (κ3) is 7.55. The van der Waals surface area contributed by atoms with Crippen LogP contribution >= 0.6 is 11.6 Å². The number of rotatable bonds is 9. The molecular weight excluding hydrogens is 448 g/mol. The van der Waals surface area contributed by atoms with Gasteiger partial charge in [0.05, 0.1) is 7.11 Å². The molecule has 0 bridgehead atoms. The summed E-state index contributed by atoms with van der Waals surface area (Å²) in [6, 6.07) is 19.8. The van der Waals surface area contributed by atoms with E-state index in [0.29, 0.717) is 33.5 Å². The Morgan fingerprint density at radius 1 is 0.818 bits per heavy atom. The van der Waals surface area contributed by atoms with E-state index in [-0.39, 0.29) is 12.5 Å². The molecule has 0 atom stereocenters. The van der Waals surface area contributed by atoms with Gasteiger partial charge >= 0.3 is 5.97 Å². The first-order valence-electron chi connectivity index (χ1n) is 9.82. The highest BCUT2D eigenvalue weighted by Crippen LogP contribution is 2.18. The number of nitrogens with one attached hydrogen (secondary N) is 2. The van der Waals surface area contributed by atoms with E-state index in [1.54, 1.807) is 79.9 Å². The van der Waals surface area contributed by atoms with Crippen molar-refractivity contribution < 1.29 is 28.6 Å². The van der Waals surface area contributed by atoms with Gasteiger partial charge in [-0.1, -0.05) is 17.7 Å². The average molecular weight is 469 g/mol. The lowest BCUT2D eigenvalue weighted by molar-refractivity contribution is -0.149. The Bertz CT molecular complexity index is 1120. The molecule has 8 nitrogen and oxygen atoms in total. The summed E-state index contributed by atoms with van der Waals surface area (Å²) in [6.45, 7) is -0.830. The molecule has 170 valence electrons. The van der Waals surface area contributed by atoms with Gasteiger partial charge in [0, 0.05) is 22.0 Å². The van der Waals surface area contributed by atoms with E-state index < -0.39 is 18.5 Å². The van der Waals surface area contributed by atoms with Crippen LogP contribution in [0.15, 0.2) is 72.8 Å². The lowest BCUT2D eigenvalue weighted by atomic mass is 10.2. The molecule has 0 aromatic heterocycles. The molecule has 0 heterocycles. The molecule has 0 unspecified atom stereocenters. The molecule has 2 N–H and O–H groups in total. The summed E-state index contributed by atoms with van der Waals surface area (Å²) in [6.07, 6.45) is 0. The van der Waals surface area contributed by atoms with Gasteiger partial charge < -0.3 is 24.8 Å². The van der Waals surface area contributed by atoms with Gasteiger partial charge in [0.25, 0.3) is 11.8 Å². The monoisotopic (exact) mass is 468 g/mol. The molecule has 9 heteroatoms. The van der Waals surface area contributed by atoms with Crippen molar-refractivity contribution in [2.45, 2.75) is 0 Å². The SMILES string of the molecule is COc1ccc(NC(=O)c2ccc(NC(=O)COC(=O)COc3cccc(Cl)c3)cc2)cc1. The largest absolute Gasteiger partial charge is 0.497 e. The lowest BCUT2D eigenvalue weighted by Crippen LogP contribution is -2.23. The summed E-state index contributed by atoms with van der Waals surface area (Å²) in [5.74, 6) is -0.420. The Morgan fingerprint density at radius 3 is 2.15 bits per heavy atom. The zero-order valence-corrected chi connectivity index (χ0v) is 18.4. The fourth-order valence-electron chi connectivity index (χ4n) is 2.67. The fraction of sp³-hybridized carbons (Fsp3) is 0.125. The first kappa shape index (κ1) is 23.6. The number of amides is 2. The molecule has 3 aromatic rings. The van der Waals surface area contributed by atoms with Gasteiger partial charge in [0.1, 0.15) is 11.5 Å². The first-order chi connectivity index (χ1) is 15.9. The summed E-state index contributed by atoms with van der Waals surface area (Å²) < 4.78 is 15.2. The van der Waals surface area contributed by atoms with Crippen molar-refractivity contribution >= 4 is 40.8 Å². The maximum Gasteiger partial charge on any atom is 0.344 e. The molecule has 0 radical (unpaired) electrons. The molecule has 33 heavy (non-hydrogen) atoms. The van der Waals surface area contributed by atoms with Gasteiger partial charge in [-0.25, -0.2) is 4.79 Å². The van der Waals surface area contributed by atoms with Crippen molar-refractivity contribution in [3.05, 3.63) is 83.4 Å². The van der Waals surface area contributed by atoms with Gasteiger partial charge in [-0.3, -0.25) is 9.59 Å². The highest BCUT2D eigenvalue weighted by Gasteiger charge is 2.10. The zero-order chi connectivity index (χ0) is 23.6. The topological polar surface area (TPSA) is 103 Å². The normalized spacial score (nSPS) is 10.1. The zero-order valence-electron chi connectivity index (χ0n) is 17.7. The number of benzene rings is 3. The van der Waals surface area contributed by atoms with Crippen LogP contribution in [0.5, 0.6) is 11.5 Å². The lowest BCUT2D eigenvalue weighted by Gasteiger charge is -2.09. The van der Waals surface area contributed by atoms with Crippen LogP contribution in [0.25, 0.3) is 0 Å². The van der Waals surface area contributed by atoms with Crippen molar-refractivity contribution in [3.63, 3.8) is 0 Å². The van der Waals surface area contributed by atoms with E-state index in [0.717, 1.165) is 0 Å². The number of hydrogen-bond acceptors (Lipinski definition) is 6. The molecule has 0 saturated heterocycles. The van der Waals surface area contributed by atoms with Crippen molar-refractivity contribution in [2.24, 2.45) is 0 Å². The van der Waals surface area contributed by atoms with Gasteiger partial charge in [-0.2, -0.15) is 0 Å². The molecule has 0 aliphatic heterocycles. The second kappa shape index (κ2) is 11.5. The molecule has 0 saturated carbocycles. The predicted octanol–water partition coefficient (Wildman–Crippen LogP) is 4.16. The number of carbonyl (C=O) groups is 3. The second-order valence-electron chi connectivity index (χ2n) is 6.71. The van der Waals surface area contributed by atoms with E-state index in [1.165, 1.54) is 0 Å². The van der Waals surface area contributed by atoms with E-state index in [2.05, 4.69) is 10.6 Å². The van der Waals surface area contributed by atoms with Gasteiger partial charge in [0.2, 0.25) is 0 Å². The van der Waals surface area contributed by atoms with Crippen LogP contribution in [0, 0.1) is 0 Å². The van der Waals surface area contributed by atoms with Crippen molar-refractivity contribution in [1.82, 2.24) is 0 Å². The standard InChI is InChI=1S/C24H21ClN2O6/c1-31-20-11-9-19(10-12-20)27-24(30)16-5-7-18(8-6-16)26-22(28)14-33-23(29)15-32-21-4-2-3-17(25)13-21/h2-13H,14-15H2,1H3,(H,26,28)(H,27,30). The Morgan fingerprint density at radius 2 is 1.48 bits per heavy atom. The summed E-state index contributed by atoms with van der Waals surface area (Å²) in [4.78, 5) is 36.1.